The summed E-state index contributed by atoms with van der Waals surface area (Å²) in [6.07, 6.45) is -0.111. The fraction of sp³-hybridized carbons (Fsp3) is 0.381. The number of hydrogen-bond acceptors (Lipinski definition) is 5. The van der Waals surface area contributed by atoms with E-state index in [4.69, 9.17) is 4.74 Å². The van der Waals surface area contributed by atoms with Crippen LogP contribution in [-0.2, 0) is 27.3 Å². The maximum atomic E-state index is 12.8. The molecule has 0 saturated heterocycles. The lowest BCUT2D eigenvalue weighted by atomic mass is 9.99. The van der Waals surface area contributed by atoms with E-state index in [1.807, 2.05) is 32.0 Å². The summed E-state index contributed by atoms with van der Waals surface area (Å²) < 4.78 is 5.48. The van der Waals surface area contributed by atoms with Gasteiger partial charge in [-0.05, 0) is 43.9 Å². The highest BCUT2D eigenvalue weighted by Gasteiger charge is 2.29. The summed E-state index contributed by atoms with van der Waals surface area (Å²) in [6, 6.07) is 8.05. The monoisotopic (exact) mass is 400 g/mol. The van der Waals surface area contributed by atoms with Crippen LogP contribution in [0.1, 0.15) is 45.8 Å². The van der Waals surface area contributed by atoms with Gasteiger partial charge >= 0.3 is 5.97 Å². The fourth-order valence-corrected chi connectivity index (χ4v) is 4.43. The first-order valence-electron chi connectivity index (χ1n) is 9.22. The van der Waals surface area contributed by atoms with Crippen LogP contribution in [0.5, 0.6) is 0 Å². The maximum absolute atomic E-state index is 12.8. The molecule has 0 bridgehead atoms. The van der Waals surface area contributed by atoms with E-state index >= 15 is 0 Å². The number of thiophene rings is 1. The van der Waals surface area contributed by atoms with E-state index in [1.165, 1.54) is 23.8 Å². The lowest BCUT2D eigenvalue weighted by Gasteiger charge is -2.30. The highest BCUT2D eigenvalue weighted by molar-refractivity contribution is 7.16. The predicted octanol–water partition coefficient (Wildman–Crippen LogP) is 3.45. The second-order valence-corrected chi connectivity index (χ2v) is 8.22. The minimum absolute atomic E-state index is 0.214. The highest BCUT2D eigenvalue weighted by Crippen LogP contribution is 2.33. The largest absolute Gasteiger partial charge is 0.449 e. The number of hydrogen-bond donors (Lipinski definition) is 1. The lowest BCUT2D eigenvalue weighted by Crippen LogP contribution is -2.42. The minimum Gasteiger partial charge on any atom is -0.449 e. The Bertz CT molecular complexity index is 934. The van der Waals surface area contributed by atoms with Crippen molar-refractivity contribution in [1.82, 2.24) is 4.90 Å². The van der Waals surface area contributed by atoms with E-state index in [1.54, 1.807) is 11.8 Å². The molecule has 1 aromatic carbocycles. The van der Waals surface area contributed by atoms with E-state index in [0.29, 0.717) is 23.7 Å². The van der Waals surface area contributed by atoms with Crippen LogP contribution in [0.25, 0.3) is 0 Å². The average molecular weight is 401 g/mol. The van der Waals surface area contributed by atoms with Crippen LogP contribution in [0.3, 0.4) is 0 Å². The lowest BCUT2D eigenvalue weighted by molar-refractivity contribution is -0.140. The summed E-state index contributed by atoms with van der Waals surface area (Å²) in [4.78, 5) is 39.6. The van der Waals surface area contributed by atoms with Crippen LogP contribution in [0.15, 0.2) is 24.3 Å². The van der Waals surface area contributed by atoms with Gasteiger partial charge in [-0.15, -0.1) is 11.3 Å². The number of anilines is 1. The van der Waals surface area contributed by atoms with Gasteiger partial charge in [-0.3, -0.25) is 9.59 Å². The topological polar surface area (TPSA) is 75.7 Å². The molecule has 2 heterocycles. The molecular weight excluding hydrogens is 376 g/mol. The van der Waals surface area contributed by atoms with Gasteiger partial charge in [-0.2, -0.15) is 0 Å². The Morgan fingerprint density at radius 2 is 1.86 bits per heavy atom. The number of ether oxygens (including phenoxy) is 1. The summed E-state index contributed by atoms with van der Waals surface area (Å²) in [6.45, 7) is 7.78. The zero-order valence-electron chi connectivity index (χ0n) is 16.5. The van der Waals surface area contributed by atoms with Crippen molar-refractivity contribution < 1.29 is 19.1 Å². The van der Waals surface area contributed by atoms with Crippen molar-refractivity contribution in [2.75, 3.05) is 11.9 Å². The highest BCUT2D eigenvalue weighted by atomic mass is 32.1. The molecule has 0 radical (unpaired) electrons. The molecule has 0 saturated carbocycles. The van der Waals surface area contributed by atoms with E-state index < -0.39 is 12.1 Å². The number of carbonyl (C=O) groups excluding carboxylic acids is 3. The second-order valence-electron chi connectivity index (χ2n) is 6.99. The van der Waals surface area contributed by atoms with Gasteiger partial charge in [-0.25, -0.2) is 4.79 Å². The molecular formula is C21H24N2O4S. The summed E-state index contributed by atoms with van der Waals surface area (Å²) in [5.74, 6) is -1.07. The van der Waals surface area contributed by atoms with Gasteiger partial charge in [0.15, 0.2) is 6.10 Å². The first-order chi connectivity index (χ1) is 13.3. The molecule has 0 unspecified atom stereocenters. The molecule has 7 heteroatoms. The quantitative estimate of drug-likeness (QED) is 0.798. The molecule has 1 aliphatic heterocycles. The van der Waals surface area contributed by atoms with Gasteiger partial charge in [0.2, 0.25) is 5.91 Å². The predicted molar refractivity (Wildman–Crippen MR) is 109 cm³/mol. The molecule has 0 fully saturated rings. The summed E-state index contributed by atoms with van der Waals surface area (Å²) in [5, 5.41) is 3.13. The number of rotatable bonds is 4. The first kappa shape index (κ1) is 20.1. The molecule has 0 aliphatic carbocycles. The number of fused-ring (bicyclic) bond motifs is 1. The van der Waals surface area contributed by atoms with Crippen molar-refractivity contribution in [3.63, 3.8) is 0 Å². The van der Waals surface area contributed by atoms with Gasteiger partial charge in [-0.1, -0.05) is 24.3 Å². The fourth-order valence-electron chi connectivity index (χ4n) is 3.33. The van der Waals surface area contributed by atoms with Crippen LogP contribution in [-0.4, -0.2) is 35.3 Å². The Morgan fingerprint density at radius 1 is 1.18 bits per heavy atom. The number of esters is 1. The third-order valence-corrected chi connectivity index (χ3v) is 6.08. The van der Waals surface area contributed by atoms with Crippen molar-refractivity contribution in [3.8, 4) is 0 Å². The molecule has 1 aromatic heterocycles. The van der Waals surface area contributed by atoms with Crippen molar-refractivity contribution in [3.05, 3.63) is 51.4 Å². The molecule has 0 spiro atoms. The van der Waals surface area contributed by atoms with Gasteiger partial charge in [0.1, 0.15) is 5.00 Å². The van der Waals surface area contributed by atoms with Gasteiger partial charge in [0, 0.05) is 24.9 Å². The van der Waals surface area contributed by atoms with Crippen LogP contribution in [0.4, 0.5) is 5.00 Å². The summed E-state index contributed by atoms with van der Waals surface area (Å²) in [5.41, 5.74) is 3.45. The third-order valence-electron chi connectivity index (χ3n) is 4.95. The van der Waals surface area contributed by atoms with Crippen LogP contribution < -0.4 is 5.32 Å². The molecule has 2 amide bonds. The molecule has 1 aliphatic rings. The Morgan fingerprint density at radius 3 is 2.54 bits per heavy atom. The Kier molecular flexibility index (Phi) is 5.84. The molecule has 3 rings (SSSR count). The molecule has 1 atom stereocenters. The number of carbonyl (C=O) groups is 3. The third kappa shape index (κ3) is 4.09. The SMILES string of the molecule is CC(=O)Nc1sc(C)c(C)c1C(=O)O[C@H](C)C(=O)N1CCc2ccccc2C1. The van der Waals surface area contributed by atoms with Gasteiger partial charge in [0.05, 0.1) is 5.56 Å². The number of aryl methyl sites for hydroxylation is 1. The number of nitrogens with zero attached hydrogens (tertiary/aromatic N) is 1. The first-order valence-corrected chi connectivity index (χ1v) is 10.0. The average Bonchev–Trinajstić information content (AvgIpc) is 2.93. The van der Waals surface area contributed by atoms with E-state index in [2.05, 4.69) is 11.4 Å². The molecule has 28 heavy (non-hydrogen) atoms. The van der Waals surface area contributed by atoms with Gasteiger partial charge in [0.25, 0.3) is 5.91 Å². The number of amides is 2. The smallest absolute Gasteiger partial charge is 0.342 e. The number of nitrogens with one attached hydrogen (secondary N) is 1. The Balaban J connectivity index is 1.71. The Labute approximate surface area is 168 Å². The zero-order valence-corrected chi connectivity index (χ0v) is 17.3. The molecule has 6 nitrogen and oxygen atoms in total. The van der Waals surface area contributed by atoms with E-state index in [0.717, 1.165) is 22.4 Å². The molecule has 1 N–H and O–H groups in total. The van der Waals surface area contributed by atoms with Gasteiger partial charge < -0.3 is 15.0 Å². The van der Waals surface area contributed by atoms with Crippen LogP contribution in [0.2, 0.25) is 0 Å². The van der Waals surface area contributed by atoms with Crippen molar-refractivity contribution in [2.45, 2.75) is 46.8 Å². The maximum Gasteiger partial charge on any atom is 0.342 e. The van der Waals surface area contributed by atoms with E-state index in [9.17, 15) is 14.4 Å². The van der Waals surface area contributed by atoms with Crippen molar-refractivity contribution >= 4 is 34.1 Å². The zero-order chi connectivity index (χ0) is 20.4. The Hall–Kier alpha value is -2.67. The molecule has 2 aromatic rings. The van der Waals surface area contributed by atoms with Crippen LogP contribution >= 0.6 is 11.3 Å². The normalized spacial score (nSPS) is 14.2. The summed E-state index contributed by atoms with van der Waals surface area (Å²) >= 11 is 1.33. The standard InChI is InChI=1S/C21H24N2O4S/c1-12-14(3)28-19(22-15(4)24)18(12)21(26)27-13(2)20(25)23-10-9-16-7-5-6-8-17(16)11-23/h5-8,13H,9-11H2,1-4H3,(H,22,24)/t13-/m1/s1. The second kappa shape index (κ2) is 8.14. The van der Waals surface area contributed by atoms with E-state index in [-0.39, 0.29) is 11.8 Å². The summed E-state index contributed by atoms with van der Waals surface area (Å²) in [7, 11) is 0. The van der Waals surface area contributed by atoms with Crippen molar-refractivity contribution in [2.24, 2.45) is 0 Å². The minimum atomic E-state index is -0.900. The molecule has 148 valence electrons. The van der Waals surface area contributed by atoms with Crippen LogP contribution in [0, 0.1) is 13.8 Å². The van der Waals surface area contributed by atoms with Crippen molar-refractivity contribution in [1.29, 1.82) is 0 Å². The number of benzene rings is 1.